The summed E-state index contributed by atoms with van der Waals surface area (Å²) in [7, 11) is 3.26. The number of hydrogen-bond donors (Lipinski definition) is 1. The number of fused-ring (bicyclic) bond motifs is 1. The molecule has 1 aromatic carbocycles. The van der Waals surface area contributed by atoms with Gasteiger partial charge in [0.2, 0.25) is 5.91 Å². The van der Waals surface area contributed by atoms with Crippen LogP contribution in [0, 0.1) is 0 Å². The molecule has 2 N–H and O–H groups in total. The highest BCUT2D eigenvalue weighted by atomic mass is 16.5. The average Bonchev–Trinajstić information content (AvgIpc) is 2.70. The zero-order valence-corrected chi connectivity index (χ0v) is 10.2. The lowest BCUT2D eigenvalue weighted by atomic mass is 9.97. The van der Waals surface area contributed by atoms with Crippen LogP contribution in [0.1, 0.15) is 29.9 Å². The van der Waals surface area contributed by atoms with Crippen LogP contribution in [0.25, 0.3) is 0 Å². The van der Waals surface area contributed by atoms with Crippen LogP contribution in [-0.4, -0.2) is 20.1 Å². The molecule has 0 heterocycles. The van der Waals surface area contributed by atoms with Crippen molar-refractivity contribution in [2.24, 2.45) is 5.73 Å². The molecule has 1 aliphatic rings. The van der Waals surface area contributed by atoms with Crippen molar-refractivity contribution in [1.82, 2.24) is 0 Å². The third kappa shape index (κ3) is 2.07. The molecule has 0 saturated carbocycles. The van der Waals surface area contributed by atoms with E-state index in [0.29, 0.717) is 6.42 Å². The number of carbonyl (C=O) groups excluding carboxylic acids is 1. The molecule has 1 unspecified atom stereocenters. The highest BCUT2D eigenvalue weighted by Gasteiger charge is 2.28. The largest absolute Gasteiger partial charge is 0.493 e. The zero-order chi connectivity index (χ0) is 12.4. The lowest BCUT2D eigenvalue weighted by molar-refractivity contribution is -0.118. The van der Waals surface area contributed by atoms with Crippen molar-refractivity contribution in [3.8, 4) is 11.5 Å². The van der Waals surface area contributed by atoms with Gasteiger partial charge in [-0.05, 0) is 30.4 Å². The standard InChI is InChI=1S/C13H17NO3/c1-16-11-6-5-9-8(7-12(14)15)3-4-10(9)13(11)17-2/h5-6,8H,3-4,7H2,1-2H3,(H2,14,15). The molecule has 1 amide bonds. The molecule has 92 valence electrons. The Labute approximate surface area is 101 Å². The number of ether oxygens (including phenoxy) is 2. The SMILES string of the molecule is COc1ccc2c(c1OC)CCC2CC(N)=O. The summed E-state index contributed by atoms with van der Waals surface area (Å²) in [4.78, 5) is 11.0. The first-order valence-corrected chi connectivity index (χ1v) is 5.69. The van der Waals surface area contributed by atoms with Gasteiger partial charge in [0, 0.05) is 12.0 Å². The van der Waals surface area contributed by atoms with Gasteiger partial charge in [0.15, 0.2) is 11.5 Å². The highest BCUT2D eigenvalue weighted by molar-refractivity contribution is 5.75. The maximum absolute atomic E-state index is 11.0. The van der Waals surface area contributed by atoms with Crippen molar-refractivity contribution in [2.45, 2.75) is 25.2 Å². The number of hydrogen-bond acceptors (Lipinski definition) is 3. The fourth-order valence-electron chi connectivity index (χ4n) is 2.58. The maximum Gasteiger partial charge on any atom is 0.218 e. The molecule has 0 radical (unpaired) electrons. The molecular formula is C13H17NO3. The maximum atomic E-state index is 11.0. The summed E-state index contributed by atoms with van der Waals surface area (Å²) in [5, 5.41) is 0. The van der Waals surface area contributed by atoms with E-state index >= 15 is 0 Å². The van der Waals surface area contributed by atoms with Crippen LogP contribution in [0.2, 0.25) is 0 Å². The van der Waals surface area contributed by atoms with Crippen molar-refractivity contribution in [2.75, 3.05) is 14.2 Å². The second-order valence-corrected chi connectivity index (χ2v) is 4.27. The average molecular weight is 235 g/mol. The Balaban J connectivity index is 2.38. The smallest absolute Gasteiger partial charge is 0.218 e. The molecule has 1 aromatic rings. The van der Waals surface area contributed by atoms with E-state index in [0.717, 1.165) is 29.9 Å². The lowest BCUT2D eigenvalue weighted by Gasteiger charge is -2.14. The Morgan fingerprint density at radius 3 is 2.76 bits per heavy atom. The highest BCUT2D eigenvalue weighted by Crippen LogP contribution is 2.44. The van der Waals surface area contributed by atoms with Crippen LogP contribution in [0.5, 0.6) is 11.5 Å². The number of primary amides is 1. The third-order valence-electron chi connectivity index (χ3n) is 3.31. The summed E-state index contributed by atoms with van der Waals surface area (Å²) in [6, 6.07) is 3.90. The van der Waals surface area contributed by atoms with E-state index < -0.39 is 0 Å². The Hall–Kier alpha value is -1.71. The number of methoxy groups -OCH3 is 2. The second kappa shape index (κ2) is 4.65. The molecule has 0 aromatic heterocycles. The minimum Gasteiger partial charge on any atom is -0.493 e. The molecule has 0 aliphatic heterocycles. The first-order valence-electron chi connectivity index (χ1n) is 5.69. The predicted molar refractivity (Wildman–Crippen MR) is 64.4 cm³/mol. The normalized spacial score (nSPS) is 17.6. The molecule has 4 heteroatoms. The van der Waals surface area contributed by atoms with Gasteiger partial charge in [-0.2, -0.15) is 0 Å². The van der Waals surface area contributed by atoms with Crippen molar-refractivity contribution in [3.05, 3.63) is 23.3 Å². The van der Waals surface area contributed by atoms with E-state index in [1.807, 2.05) is 12.1 Å². The molecule has 2 rings (SSSR count). The van der Waals surface area contributed by atoms with E-state index in [-0.39, 0.29) is 11.8 Å². The monoisotopic (exact) mass is 235 g/mol. The van der Waals surface area contributed by atoms with E-state index in [4.69, 9.17) is 15.2 Å². The summed E-state index contributed by atoms with van der Waals surface area (Å²) >= 11 is 0. The molecule has 0 fully saturated rings. The topological polar surface area (TPSA) is 61.6 Å². The molecule has 0 spiro atoms. The summed E-state index contributed by atoms with van der Waals surface area (Å²) in [6.07, 6.45) is 2.26. The van der Waals surface area contributed by atoms with Crippen LogP contribution in [0.3, 0.4) is 0 Å². The van der Waals surface area contributed by atoms with Crippen LogP contribution in [0.15, 0.2) is 12.1 Å². The Bertz CT molecular complexity index is 443. The van der Waals surface area contributed by atoms with Crippen LogP contribution < -0.4 is 15.2 Å². The van der Waals surface area contributed by atoms with Gasteiger partial charge < -0.3 is 15.2 Å². The molecule has 0 saturated heterocycles. The number of rotatable bonds is 4. The first kappa shape index (κ1) is 11.8. The molecule has 4 nitrogen and oxygen atoms in total. The van der Waals surface area contributed by atoms with Gasteiger partial charge in [-0.3, -0.25) is 4.79 Å². The molecule has 17 heavy (non-hydrogen) atoms. The van der Waals surface area contributed by atoms with Gasteiger partial charge in [0.1, 0.15) is 0 Å². The zero-order valence-electron chi connectivity index (χ0n) is 10.2. The summed E-state index contributed by atoms with van der Waals surface area (Å²) < 4.78 is 10.7. The van der Waals surface area contributed by atoms with Crippen molar-refractivity contribution in [3.63, 3.8) is 0 Å². The Morgan fingerprint density at radius 1 is 1.41 bits per heavy atom. The Morgan fingerprint density at radius 2 is 2.18 bits per heavy atom. The minimum absolute atomic E-state index is 0.224. The third-order valence-corrected chi connectivity index (χ3v) is 3.31. The quantitative estimate of drug-likeness (QED) is 0.862. The summed E-state index contributed by atoms with van der Waals surface area (Å²) in [6.45, 7) is 0. The van der Waals surface area contributed by atoms with Crippen molar-refractivity contribution >= 4 is 5.91 Å². The minimum atomic E-state index is -0.252. The predicted octanol–water partition coefficient (Wildman–Crippen LogP) is 1.61. The fraction of sp³-hybridized carbons (Fsp3) is 0.462. The van der Waals surface area contributed by atoms with Gasteiger partial charge in [0.05, 0.1) is 14.2 Å². The van der Waals surface area contributed by atoms with E-state index in [1.54, 1.807) is 14.2 Å². The summed E-state index contributed by atoms with van der Waals surface area (Å²) in [5.74, 6) is 1.50. The van der Waals surface area contributed by atoms with Crippen LogP contribution in [0.4, 0.5) is 0 Å². The fourth-order valence-corrected chi connectivity index (χ4v) is 2.58. The van der Waals surface area contributed by atoms with Crippen molar-refractivity contribution in [1.29, 1.82) is 0 Å². The summed E-state index contributed by atoms with van der Waals surface area (Å²) in [5.41, 5.74) is 7.58. The first-order chi connectivity index (χ1) is 8.17. The van der Waals surface area contributed by atoms with Crippen LogP contribution in [-0.2, 0) is 11.2 Å². The van der Waals surface area contributed by atoms with E-state index in [9.17, 15) is 4.79 Å². The van der Waals surface area contributed by atoms with Crippen LogP contribution >= 0.6 is 0 Å². The molecule has 1 atom stereocenters. The number of carbonyl (C=O) groups is 1. The molecule has 1 aliphatic carbocycles. The molecular weight excluding hydrogens is 218 g/mol. The van der Waals surface area contributed by atoms with Crippen molar-refractivity contribution < 1.29 is 14.3 Å². The van der Waals surface area contributed by atoms with Gasteiger partial charge in [-0.15, -0.1) is 0 Å². The number of benzene rings is 1. The van der Waals surface area contributed by atoms with Gasteiger partial charge in [-0.25, -0.2) is 0 Å². The Kier molecular flexibility index (Phi) is 3.22. The van der Waals surface area contributed by atoms with E-state index in [1.165, 1.54) is 5.56 Å². The number of nitrogens with two attached hydrogens (primary N) is 1. The van der Waals surface area contributed by atoms with Gasteiger partial charge in [-0.1, -0.05) is 6.07 Å². The molecule has 0 bridgehead atoms. The van der Waals surface area contributed by atoms with E-state index in [2.05, 4.69) is 0 Å². The lowest BCUT2D eigenvalue weighted by Crippen LogP contribution is -2.14. The number of amides is 1. The van der Waals surface area contributed by atoms with Gasteiger partial charge >= 0.3 is 0 Å². The van der Waals surface area contributed by atoms with Gasteiger partial charge in [0.25, 0.3) is 0 Å². The second-order valence-electron chi connectivity index (χ2n) is 4.27.